The Kier molecular flexibility index (Phi) is 15.5. The maximum atomic E-state index is 14.6. The second-order valence-electron chi connectivity index (χ2n) is 19.1. The molecule has 4 N–H and O–H groups in total. The smallest absolute Gasteiger partial charge is 0.396 e. The fourth-order valence-electron chi connectivity index (χ4n) is 11.1. The van der Waals surface area contributed by atoms with Crippen LogP contribution in [0.4, 0.5) is 0 Å². The molecular formula is C46H75NO13. The molecule has 0 radical (unpaired) electrons. The predicted molar refractivity (Wildman–Crippen MR) is 221 cm³/mol. The van der Waals surface area contributed by atoms with Gasteiger partial charge in [-0.15, -0.1) is 0 Å². The highest BCUT2D eigenvalue weighted by Gasteiger charge is 2.63. The number of carboxylic acids is 1. The van der Waals surface area contributed by atoms with E-state index in [4.69, 9.17) is 28.4 Å². The Balaban J connectivity index is 1.40. The van der Waals surface area contributed by atoms with Gasteiger partial charge in [0.15, 0.2) is 11.6 Å². The molecule has 18 atom stereocenters. The second-order valence-corrected chi connectivity index (χ2v) is 19.1. The number of nitrogens with one attached hydrogen (secondary N) is 1. The zero-order valence-corrected chi connectivity index (χ0v) is 37.9. The minimum Gasteiger partial charge on any atom is -0.481 e. The number of carbonyl (C=O) groups is 4. The highest BCUT2D eigenvalue weighted by molar-refractivity contribution is 6.32. The van der Waals surface area contributed by atoms with Crippen LogP contribution in [0.3, 0.4) is 0 Å². The zero-order chi connectivity index (χ0) is 44.5. The molecular weight excluding hydrogens is 774 g/mol. The van der Waals surface area contributed by atoms with Gasteiger partial charge in [-0.2, -0.15) is 0 Å². The summed E-state index contributed by atoms with van der Waals surface area (Å²) in [5.41, 5.74) is -1.84. The van der Waals surface area contributed by atoms with Crippen LogP contribution in [0.25, 0.3) is 0 Å². The van der Waals surface area contributed by atoms with Crippen molar-refractivity contribution in [2.24, 2.45) is 41.4 Å². The first-order valence-corrected chi connectivity index (χ1v) is 22.9. The molecule has 4 saturated heterocycles. The number of ether oxygens (including phenoxy) is 6. The van der Waals surface area contributed by atoms with Gasteiger partial charge in [0, 0.05) is 30.1 Å². The van der Waals surface area contributed by atoms with E-state index in [9.17, 15) is 34.5 Å². The molecule has 0 bridgehead atoms. The Morgan fingerprint density at radius 2 is 1.57 bits per heavy atom. The quantitative estimate of drug-likeness (QED) is 0.0921. The lowest BCUT2D eigenvalue weighted by atomic mass is 9.72. The number of Topliss-reactive ketones (excluding diaryl/α,β-unsaturated/α-hetero) is 1. The SMILES string of the molecule is CCOC(=O)C(=O)N[C@@H]1C=C[C@]2(O[C@H]([C@@H](CC)C(=O)[C@@H](C)[C@@H](O)[C@H](C)[C@@H]3O[C@@H]([C@@H](CC)C(=O)O)CC[C@@H]3C)[C@@H](C)C[C@H]2C)O[C@@]12CC[C@@](C)([C@H]1CC[C@](O)(CC)[C@H](C)O1)O2. The predicted octanol–water partition coefficient (Wildman–Crippen LogP) is 5.88. The molecule has 2 spiro atoms. The molecule has 0 unspecified atom stereocenters. The lowest BCUT2D eigenvalue weighted by Crippen LogP contribution is -2.66. The summed E-state index contributed by atoms with van der Waals surface area (Å²) in [7, 11) is 0. The number of carboxylic acid groups (broad SMARTS) is 1. The highest BCUT2D eigenvalue weighted by atomic mass is 16.8. The average molecular weight is 850 g/mol. The number of esters is 1. The van der Waals surface area contributed by atoms with Gasteiger partial charge in [-0.05, 0) is 96.5 Å². The van der Waals surface area contributed by atoms with Crippen molar-refractivity contribution in [3.63, 3.8) is 0 Å². The summed E-state index contributed by atoms with van der Waals surface area (Å²) in [6.45, 7) is 21.0. The topological polar surface area (TPSA) is 196 Å². The van der Waals surface area contributed by atoms with E-state index in [2.05, 4.69) is 12.2 Å². The van der Waals surface area contributed by atoms with E-state index in [0.29, 0.717) is 57.8 Å². The number of amides is 1. The van der Waals surface area contributed by atoms with Gasteiger partial charge < -0.3 is 49.1 Å². The summed E-state index contributed by atoms with van der Waals surface area (Å²) in [6, 6.07) is -0.906. The van der Waals surface area contributed by atoms with Crippen LogP contribution in [0, 0.1) is 41.4 Å². The molecule has 0 aromatic carbocycles. The molecule has 0 aromatic rings. The molecule has 5 aliphatic heterocycles. The minimum absolute atomic E-state index is 0.0321. The fraction of sp³-hybridized carbons (Fsp3) is 0.870. The van der Waals surface area contributed by atoms with Crippen LogP contribution in [-0.2, 0) is 47.6 Å². The van der Waals surface area contributed by atoms with Gasteiger partial charge in [-0.1, -0.05) is 61.5 Å². The number of rotatable bonds is 14. The largest absolute Gasteiger partial charge is 0.481 e. The Morgan fingerprint density at radius 3 is 2.17 bits per heavy atom. The second kappa shape index (κ2) is 19.1. The summed E-state index contributed by atoms with van der Waals surface area (Å²) in [5.74, 6) is -8.50. The third kappa shape index (κ3) is 9.40. The van der Waals surface area contributed by atoms with Gasteiger partial charge in [-0.3, -0.25) is 14.4 Å². The van der Waals surface area contributed by atoms with E-state index in [1.807, 2.05) is 55.4 Å². The summed E-state index contributed by atoms with van der Waals surface area (Å²) in [4.78, 5) is 52.3. The number of aliphatic hydroxyl groups excluding tert-OH is 1. The number of hydrogen-bond acceptors (Lipinski definition) is 12. The van der Waals surface area contributed by atoms with E-state index < -0.39 is 107 Å². The maximum absolute atomic E-state index is 14.6. The summed E-state index contributed by atoms with van der Waals surface area (Å²) >= 11 is 0. The molecule has 14 heteroatoms. The molecule has 0 aliphatic carbocycles. The number of hydrogen-bond donors (Lipinski definition) is 4. The van der Waals surface area contributed by atoms with Crippen molar-refractivity contribution in [2.75, 3.05) is 6.61 Å². The van der Waals surface area contributed by atoms with E-state index >= 15 is 0 Å². The monoisotopic (exact) mass is 850 g/mol. The first-order chi connectivity index (χ1) is 28.1. The van der Waals surface area contributed by atoms with E-state index in [0.717, 1.165) is 6.42 Å². The lowest BCUT2D eigenvalue weighted by molar-refractivity contribution is -0.398. The van der Waals surface area contributed by atoms with Crippen molar-refractivity contribution in [2.45, 2.75) is 206 Å². The summed E-state index contributed by atoms with van der Waals surface area (Å²) in [6.07, 6.45) is 5.54. The van der Waals surface area contributed by atoms with Gasteiger partial charge in [-0.25, -0.2) is 4.79 Å². The summed E-state index contributed by atoms with van der Waals surface area (Å²) in [5, 5.41) is 35.6. The first-order valence-electron chi connectivity index (χ1n) is 22.9. The molecule has 342 valence electrons. The molecule has 5 aliphatic rings. The lowest BCUT2D eigenvalue weighted by Gasteiger charge is -2.55. The average Bonchev–Trinajstić information content (AvgIpc) is 3.55. The number of aliphatic carboxylic acids is 1. The third-order valence-electron chi connectivity index (χ3n) is 15.2. The van der Waals surface area contributed by atoms with Gasteiger partial charge in [0.1, 0.15) is 11.8 Å². The van der Waals surface area contributed by atoms with Crippen LogP contribution < -0.4 is 5.32 Å². The number of aliphatic hydroxyl groups is 2. The fourth-order valence-corrected chi connectivity index (χ4v) is 11.1. The Morgan fingerprint density at radius 1 is 0.883 bits per heavy atom. The highest BCUT2D eigenvalue weighted by Crippen LogP contribution is 2.54. The van der Waals surface area contributed by atoms with Crippen LogP contribution in [0.2, 0.25) is 0 Å². The Bertz CT molecular complexity index is 1570. The zero-order valence-electron chi connectivity index (χ0n) is 37.9. The van der Waals surface area contributed by atoms with Crippen molar-refractivity contribution in [3.8, 4) is 0 Å². The van der Waals surface area contributed by atoms with Crippen LogP contribution in [-0.4, -0.2) is 111 Å². The van der Waals surface area contributed by atoms with Gasteiger partial charge in [0.05, 0.1) is 60.4 Å². The van der Waals surface area contributed by atoms with Crippen LogP contribution >= 0.6 is 0 Å². The molecule has 5 rings (SSSR count). The minimum atomic E-state index is -1.49. The van der Waals surface area contributed by atoms with Crippen LogP contribution in [0.5, 0.6) is 0 Å². The molecule has 5 heterocycles. The number of ketones is 1. The van der Waals surface area contributed by atoms with Crippen molar-refractivity contribution in [3.05, 3.63) is 12.2 Å². The third-order valence-corrected chi connectivity index (χ3v) is 15.2. The van der Waals surface area contributed by atoms with E-state index in [-0.39, 0.29) is 30.1 Å². The molecule has 14 nitrogen and oxygen atoms in total. The van der Waals surface area contributed by atoms with Gasteiger partial charge in [0.2, 0.25) is 0 Å². The van der Waals surface area contributed by atoms with Crippen LogP contribution in [0.1, 0.15) is 140 Å². The molecule has 0 saturated carbocycles. The summed E-state index contributed by atoms with van der Waals surface area (Å²) < 4.78 is 39.1. The maximum Gasteiger partial charge on any atom is 0.396 e. The standard InChI is InChI=1S/C46H75NO13/c1-12-31(41(51)52)33-17-16-25(5)38(57-33)29(9)36(48)28(8)37(49)32(13-2)39-26(6)24-27(7)45(58-39)21-18-34(47-40(50)42(53)55-15-4)46(60-45)23-22-43(11,59-46)35-19-20-44(54,14-3)30(10)56-35/h18,21,25-36,38-39,48,54H,12-17,19-20,22-24H2,1-11H3,(H,47,50)(H,51,52)/t25-,26-,27+,28-,29-,30-,31+,32-,33+,34+,35+,36+,38+,39-,43-,44+,45-,46-/m0/s1. The van der Waals surface area contributed by atoms with E-state index in [1.165, 1.54) is 0 Å². The first kappa shape index (κ1) is 48.6. The van der Waals surface area contributed by atoms with Crippen molar-refractivity contribution in [1.29, 1.82) is 0 Å². The molecule has 4 fully saturated rings. The van der Waals surface area contributed by atoms with Crippen LogP contribution in [0.15, 0.2) is 12.2 Å². The Hall–Kier alpha value is -2.46. The van der Waals surface area contributed by atoms with Gasteiger partial charge >= 0.3 is 17.8 Å². The molecule has 1 amide bonds. The van der Waals surface area contributed by atoms with Crippen molar-refractivity contribution < 1.29 is 62.9 Å². The van der Waals surface area contributed by atoms with Crippen molar-refractivity contribution in [1.82, 2.24) is 5.32 Å². The van der Waals surface area contributed by atoms with E-state index in [1.54, 1.807) is 26.0 Å². The molecule has 60 heavy (non-hydrogen) atoms. The van der Waals surface area contributed by atoms with Gasteiger partial charge in [0.25, 0.3) is 0 Å². The molecule has 0 aromatic heterocycles. The number of carbonyl (C=O) groups excluding carboxylic acids is 3. The van der Waals surface area contributed by atoms with Crippen molar-refractivity contribution >= 4 is 23.6 Å². The normalized spacial score (nSPS) is 41.9. The Labute approximate surface area is 357 Å².